The molecule has 150 valence electrons. The minimum absolute atomic E-state index is 0.0914. The molecule has 0 aliphatic carbocycles. The minimum atomic E-state index is -0.819. The number of benzene rings is 2. The molecule has 0 saturated carbocycles. The quantitative estimate of drug-likeness (QED) is 0.624. The zero-order valence-electron chi connectivity index (χ0n) is 16.1. The van der Waals surface area contributed by atoms with Crippen LogP contribution in [0, 0.1) is 0 Å². The standard InChI is InChI=1S/C22H22N2O5/c1-2-23-10-11-24-22(26)19-13-27-17-9-8-15-16(25)12-18(14-6-4-3-5-7-14)28-20(15)21(17)29-19/h3-9,12,19,23H,2,10-11,13H2,1H3,(H,24,26). The van der Waals surface area contributed by atoms with Crippen LogP contribution in [0.1, 0.15) is 6.92 Å². The van der Waals surface area contributed by atoms with Crippen LogP contribution in [-0.4, -0.2) is 38.3 Å². The second-order valence-electron chi connectivity index (χ2n) is 6.67. The Balaban J connectivity index is 1.66. The summed E-state index contributed by atoms with van der Waals surface area (Å²) in [7, 11) is 0. The number of carbonyl (C=O) groups excluding carboxylic acids is 1. The van der Waals surface area contributed by atoms with Crippen LogP contribution < -0.4 is 25.5 Å². The summed E-state index contributed by atoms with van der Waals surface area (Å²) in [6, 6.07) is 14.1. The SMILES string of the molecule is CCNCCNC(=O)C1COc2ccc3c(=O)cc(-c4ccccc4)oc3c2O1. The third-order valence-corrected chi connectivity index (χ3v) is 4.67. The fourth-order valence-electron chi connectivity index (χ4n) is 3.18. The maximum atomic E-state index is 12.6. The Morgan fingerprint density at radius 2 is 1.97 bits per heavy atom. The summed E-state index contributed by atoms with van der Waals surface area (Å²) in [6.45, 7) is 4.08. The van der Waals surface area contributed by atoms with Gasteiger partial charge in [0.05, 0.1) is 5.39 Å². The van der Waals surface area contributed by atoms with Crippen molar-refractivity contribution < 1.29 is 18.7 Å². The van der Waals surface area contributed by atoms with Crippen molar-refractivity contribution in [3.05, 3.63) is 58.8 Å². The Labute approximate surface area is 167 Å². The lowest BCUT2D eigenvalue weighted by Gasteiger charge is -2.26. The van der Waals surface area contributed by atoms with Gasteiger partial charge in [-0.3, -0.25) is 9.59 Å². The molecule has 1 aliphatic heterocycles. The molecule has 1 amide bonds. The highest BCUT2D eigenvalue weighted by atomic mass is 16.6. The number of ether oxygens (including phenoxy) is 2. The molecule has 2 N–H and O–H groups in total. The number of carbonyl (C=O) groups is 1. The Kier molecular flexibility index (Phi) is 5.48. The Hall–Kier alpha value is -3.32. The molecule has 29 heavy (non-hydrogen) atoms. The summed E-state index contributed by atoms with van der Waals surface area (Å²) in [5, 5.41) is 6.33. The monoisotopic (exact) mass is 394 g/mol. The molecule has 0 radical (unpaired) electrons. The third-order valence-electron chi connectivity index (χ3n) is 4.67. The number of hydrogen-bond acceptors (Lipinski definition) is 6. The number of amides is 1. The molecule has 4 rings (SSSR count). The van der Waals surface area contributed by atoms with E-state index in [1.165, 1.54) is 6.07 Å². The Bertz CT molecular complexity index is 1080. The maximum Gasteiger partial charge on any atom is 0.264 e. The average molecular weight is 394 g/mol. The first-order valence-electron chi connectivity index (χ1n) is 9.61. The molecule has 3 aromatic rings. The zero-order chi connectivity index (χ0) is 20.2. The van der Waals surface area contributed by atoms with Gasteiger partial charge in [-0.2, -0.15) is 0 Å². The number of hydrogen-bond donors (Lipinski definition) is 2. The highest BCUT2D eigenvalue weighted by molar-refractivity contribution is 5.88. The highest BCUT2D eigenvalue weighted by Crippen LogP contribution is 2.39. The predicted molar refractivity (Wildman–Crippen MR) is 109 cm³/mol. The van der Waals surface area contributed by atoms with Crippen LogP contribution in [-0.2, 0) is 4.79 Å². The van der Waals surface area contributed by atoms with Gasteiger partial charge >= 0.3 is 0 Å². The normalized spacial score (nSPS) is 15.3. The van der Waals surface area contributed by atoms with Crippen LogP contribution in [0.25, 0.3) is 22.3 Å². The van der Waals surface area contributed by atoms with Gasteiger partial charge in [-0.25, -0.2) is 0 Å². The van der Waals surface area contributed by atoms with E-state index in [2.05, 4.69) is 10.6 Å². The molecule has 1 aromatic heterocycles. The molecule has 7 heteroatoms. The van der Waals surface area contributed by atoms with Crippen molar-refractivity contribution in [2.24, 2.45) is 0 Å². The van der Waals surface area contributed by atoms with Gasteiger partial charge in [-0.1, -0.05) is 37.3 Å². The van der Waals surface area contributed by atoms with E-state index in [-0.39, 0.29) is 29.3 Å². The molecule has 0 saturated heterocycles. The van der Waals surface area contributed by atoms with Gasteiger partial charge in [0.25, 0.3) is 5.91 Å². The second kappa shape index (κ2) is 8.36. The first-order chi connectivity index (χ1) is 14.2. The fourth-order valence-corrected chi connectivity index (χ4v) is 3.18. The van der Waals surface area contributed by atoms with Crippen molar-refractivity contribution >= 4 is 16.9 Å². The van der Waals surface area contributed by atoms with E-state index in [0.29, 0.717) is 30.0 Å². The van der Waals surface area contributed by atoms with Crippen LogP contribution in [0.2, 0.25) is 0 Å². The topological polar surface area (TPSA) is 89.8 Å². The summed E-state index contributed by atoms with van der Waals surface area (Å²) in [5.74, 6) is 0.877. The summed E-state index contributed by atoms with van der Waals surface area (Å²) < 4.78 is 17.7. The minimum Gasteiger partial charge on any atom is -0.485 e. The number of nitrogens with one attached hydrogen (secondary N) is 2. The molecule has 7 nitrogen and oxygen atoms in total. The van der Waals surface area contributed by atoms with Crippen LogP contribution in [0.15, 0.2) is 57.7 Å². The molecular weight excluding hydrogens is 372 g/mol. The Morgan fingerprint density at radius 3 is 2.76 bits per heavy atom. The number of likely N-dealkylation sites (N-methyl/N-ethyl adjacent to an activating group) is 1. The number of rotatable bonds is 6. The summed E-state index contributed by atoms with van der Waals surface area (Å²) >= 11 is 0. The number of fused-ring (bicyclic) bond motifs is 3. The van der Waals surface area contributed by atoms with Crippen LogP contribution in [0.5, 0.6) is 11.5 Å². The largest absolute Gasteiger partial charge is 0.485 e. The van der Waals surface area contributed by atoms with E-state index >= 15 is 0 Å². The third kappa shape index (κ3) is 3.95. The second-order valence-corrected chi connectivity index (χ2v) is 6.67. The predicted octanol–water partition coefficient (Wildman–Crippen LogP) is 2.33. The lowest BCUT2D eigenvalue weighted by molar-refractivity contribution is -0.130. The van der Waals surface area contributed by atoms with E-state index in [0.717, 1.165) is 12.1 Å². The maximum absolute atomic E-state index is 12.6. The van der Waals surface area contributed by atoms with E-state index in [1.807, 2.05) is 37.3 Å². The lowest BCUT2D eigenvalue weighted by Crippen LogP contribution is -2.45. The average Bonchev–Trinajstić information content (AvgIpc) is 2.76. The fraction of sp³-hybridized carbons (Fsp3) is 0.273. The van der Waals surface area contributed by atoms with Crippen molar-refractivity contribution in [2.45, 2.75) is 13.0 Å². The molecule has 0 spiro atoms. The van der Waals surface area contributed by atoms with Gasteiger partial charge in [0.1, 0.15) is 12.4 Å². The summed E-state index contributed by atoms with van der Waals surface area (Å²) in [5.41, 5.74) is 0.867. The molecular formula is C22H22N2O5. The van der Waals surface area contributed by atoms with Crippen molar-refractivity contribution in [3.8, 4) is 22.8 Å². The van der Waals surface area contributed by atoms with Gasteiger partial charge in [-0.05, 0) is 18.7 Å². The first kappa shape index (κ1) is 19.0. The molecule has 2 aromatic carbocycles. The summed E-state index contributed by atoms with van der Waals surface area (Å²) in [4.78, 5) is 25.1. The van der Waals surface area contributed by atoms with Gasteiger partial charge < -0.3 is 24.5 Å². The van der Waals surface area contributed by atoms with Gasteiger partial charge in [0, 0.05) is 24.7 Å². The smallest absolute Gasteiger partial charge is 0.264 e. The van der Waals surface area contributed by atoms with Crippen molar-refractivity contribution in [1.82, 2.24) is 10.6 Å². The van der Waals surface area contributed by atoms with E-state index in [9.17, 15) is 9.59 Å². The first-order valence-corrected chi connectivity index (χ1v) is 9.61. The zero-order valence-corrected chi connectivity index (χ0v) is 16.1. The molecule has 2 heterocycles. The van der Waals surface area contributed by atoms with Crippen molar-refractivity contribution in [2.75, 3.05) is 26.2 Å². The molecule has 1 aliphatic rings. The molecule has 1 atom stereocenters. The Morgan fingerprint density at radius 1 is 1.14 bits per heavy atom. The van der Waals surface area contributed by atoms with Gasteiger partial charge in [-0.15, -0.1) is 0 Å². The van der Waals surface area contributed by atoms with Crippen molar-refractivity contribution in [3.63, 3.8) is 0 Å². The van der Waals surface area contributed by atoms with Crippen LogP contribution in [0.3, 0.4) is 0 Å². The summed E-state index contributed by atoms with van der Waals surface area (Å²) in [6.07, 6.45) is -0.819. The highest BCUT2D eigenvalue weighted by Gasteiger charge is 2.30. The van der Waals surface area contributed by atoms with Crippen LogP contribution >= 0.6 is 0 Å². The molecule has 1 unspecified atom stereocenters. The molecule has 0 bridgehead atoms. The van der Waals surface area contributed by atoms with Gasteiger partial charge in [0.2, 0.25) is 11.9 Å². The van der Waals surface area contributed by atoms with E-state index in [1.54, 1.807) is 12.1 Å². The van der Waals surface area contributed by atoms with Crippen LogP contribution in [0.4, 0.5) is 0 Å². The lowest BCUT2D eigenvalue weighted by atomic mass is 10.1. The van der Waals surface area contributed by atoms with Gasteiger partial charge in [0.15, 0.2) is 16.8 Å². The van der Waals surface area contributed by atoms with E-state index < -0.39 is 6.10 Å². The molecule has 0 fully saturated rings. The van der Waals surface area contributed by atoms with Crippen molar-refractivity contribution in [1.29, 1.82) is 0 Å². The van der Waals surface area contributed by atoms with E-state index in [4.69, 9.17) is 13.9 Å².